The number of nitrogens with zero attached hydrogens (tertiary/aromatic N) is 3. The SMILES string of the molecule is COCc1cnc2n1CCN(C(=O)c1csc3ccccc13)[C@H]2C. The van der Waals surface area contributed by atoms with Crippen molar-refractivity contribution in [3.05, 3.63) is 52.9 Å². The molecule has 0 saturated heterocycles. The first-order valence-corrected chi connectivity index (χ1v) is 8.89. The molecular weight excluding hydrogens is 322 g/mol. The first-order chi connectivity index (χ1) is 11.7. The molecule has 3 heterocycles. The second-order valence-electron chi connectivity index (χ2n) is 6.01. The minimum atomic E-state index is -0.0458. The highest BCUT2D eigenvalue weighted by Crippen LogP contribution is 2.31. The molecule has 1 aliphatic heterocycles. The Morgan fingerprint density at radius 2 is 2.21 bits per heavy atom. The van der Waals surface area contributed by atoms with Crippen LogP contribution in [0, 0.1) is 0 Å². The van der Waals surface area contributed by atoms with Gasteiger partial charge in [0.2, 0.25) is 0 Å². The van der Waals surface area contributed by atoms with E-state index in [9.17, 15) is 4.79 Å². The highest BCUT2D eigenvalue weighted by Gasteiger charge is 2.31. The highest BCUT2D eigenvalue weighted by molar-refractivity contribution is 7.17. The third-order valence-corrected chi connectivity index (χ3v) is 5.60. The largest absolute Gasteiger partial charge is 0.378 e. The topological polar surface area (TPSA) is 47.4 Å². The van der Waals surface area contributed by atoms with E-state index in [1.807, 2.05) is 41.6 Å². The van der Waals surface area contributed by atoms with Gasteiger partial charge in [0.1, 0.15) is 5.82 Å². The zero-order valence-electron chi connectivity index (χ0n) is 13.7. The first kappa shape index (κ1) is 15.4. The summed E-state index contributed by atoms with van der Waals surface area (Å²) in [5.41, 5.74) is 1.85. The van der Waals surface area contributed by atoms with Gasteiger partial charge in [-0.25, -0.2) is 4.98 Å². The number of aromatic nitrogens is 2. The summed E-state index contributed by atoms with van der Waals surface area (Å²) in [5, 5.41) is 3.01. The van der Waals surface area contributed by atoms with Crippen molar-refractivity contribution in [3.8, 4) is 0 Å². The lowest BCUT2D eigenvalue weighted by atomic mass is 10.1. The second kappa shape index (κ2) is 6.03. The standard InChI is InChI=1S/C18H19N3O2S/c1-12-17-19-9-13(10-23-2)21(17)8-7-20(12)18(22)15-11-24-16-6-4-3-5-14(15)16/h3-6,9,11-12H,7-8,10H2,1-2H3/t12-/m0/s1. The molecular formula is C18H19N3O2S. The van der Waals surface area contributed by atoms with E-state index in [0.717, 1.165) is 33.7 Å². The summed E-state index contributed by atoms with van der Waals surface area (Å²) < 4.78 is 8.55. The molecule has 0 radical (unpaired) electrons. The number of ether oxygens (including phenoxy) is 1. The monoisotopic (exact) mass is 341 g/mol. The minimum Gasteiger partial charge on any atom is -0.378 e. The minimum absolute atomic E-state index is 0.0458. The summed E-state index contributed by atoms with van der Waals surface area (Å²) >= 11 is 1.62. The lowest BCUT2D eigenvalue weighted by Crippen LogP contribution is -2.41. The molecule has 0 fully saturated rings. The van der Waals surface area contributed by atoms with Crippen molar-refractivity contribution in [2.45, 2.75) is 26.1 Å². The average Bonchev–Trinajstić information content (AvgIpc) is 3.20. The van der Waals surface area contributed by atoms with Gasteiger partial charge in [0.25, 0.3) is 5.91 Å². The van der Waals surface area contributed by atoms with Crippen molar-refractivity contribution in [2.24, 2.45) is 0 Å². The maximum absolute atomic E-state index is 13.1. The summed E-state index contributed by atoms with van der Waals surface area (Å²) in [7, 11) is 1.68. The van der Waals surface area contributed by atoms with Gasteiger partial charge in [-0.15, -0.1) is 11.3 Å². The molecule has 4 rings (SSSR count). The summed E-state index contributed by atoms with van der Waals surface area (Å²) in [4.78, 5) is 19.5. The van der Waals surface area contributed by atoms with Crippen molar-refractivity contribution in [1.82, 2.24) is 14.5 Å². The van der Waals surface area contributed by atoms with Crippen LogP contribution in [0.25, 0.3) is 10.1 Å². The van der Waals surface area contributed by atoms with E-state index in [-0.39, 0.29) is 11.9 Å². The number of rotatable bonds is 3. The zero-order valence-corrected chi connectivity index (χ0v) is 14.5. The van der Waals surface area contributed by atoms with Crippen molar-refractivity contribution >= 4 is 27.3 Å². The molecule has 1 aliphatic rings. The summed E-state index contributed by atoms with van der Waals surface area (Å²) in [5.74, 6) is 1.02. The van der Waals surface area contributed by atoms with Crippen LogP contribution in [-0.4, -0.2) is 34.0 Å². The van der Waals surface area contributed by atoms with Crippen LogP contribution in [0.4, 0.5) is 0 Å². The Morgan fingerprint density at radius 1 is 1.38 bits per heavy atom. The molecule has 2 aromatic heterocycles. The maximum Gasteiger partial charge on any atom is 0.256 e. The highest BCUT2D eigenvalue weighted by atomic mass is 32.1. The van der Waals surface area contributed by atoms with Crippen LogP contribution in [-0.2, 0) is 17.9 Å². The predicted octanol–water partition coefficient (Wildman–Crippen LogP) is 3.46. The summed E-state index contributed by atoms with van der Waals surface area (Å²) in [6, 6.07) is 8.02. The maximum atomic E-state index is 13.1. The van der Waals surface area contributed by atoms with Gasteiger partial charge in [0, 0.05) is 35.7 Å². The van der Waals surface area contributed by atoms with Gasteiger partial charge in [-0.2, -0.15) is 0 Å². The summed E-state index contributed by atoms with van der Waals surface area (Å²) in [6.07, 6.45) is 1.85. The number of hydrogen-bond acceptors (Lipinski definition) is 4. The number of benzene rings is 1. The molecule has 0 bridgehead atoms. The molecule has 1 aromatic carbocycles. The van der Waals surface area contributed by atoms with Crippen LogP contribution in [0.1, 0.15) is 34.8 Å². The lowest BCUT2D eigenvalue weighted by Gasteiger charge is -2.34. The van der Waals surface area contributed by atoms with Gasteiger partial charge in [0.05, 0.1) is 30.1 Å². The Labute approximate surface area is 144 Å². The number of hydrogen-bond donors (Lipinski definition) is 0. The Morgan fingerprint density at radius 3 is 3.04 bits per heavy atom. The van der Waals surface area contributed by atoms with Gasteiger partial charge >= 0.3 is 0 Å². The molecule has 0 N–H and O–H groups in total. The first-order valence-electron chi connectivity index (χ1n) is 8.01. The van der Waals surface area contributed by atoms with Gasteiger partial charge in [0.15, 0.2) is 0 Å². The molecule has 1 amide bonds. The fourth-order valence-electron chi connectivity index (χ4n) is 3.40. The van der Waals surface area contributed by atoms with Crippen LogP contribution in [0.2, 0.25) is 0 Å². The quantitative estimate of drug-likeness (QED) is 0.733. The molecule has 0 aliphatic carbocycles. The third kappa shape index (κ3) is 2.34. The van der Waals surface area contributed by atoms with E-state index in [1.165, 1.54) is 0 Å². The molecule has 6 heteroatoms. The molecule has 0 unspecified atom stereocenters. The second-order valence-corrected chi connectivity index (χ2v) is 6.92. The number of methoxy groups -OCH3 is 1. The van der Waals surface area contributed by atoms with E-state index in [2.05, 4.69) is 15.6 Å². The van der Waals surface area contributed by atoms with Crippen LogP contribution in [0.5, 0.6) is 0 Å². The number of thiophene rings is 1. The Kier molecular flexibility index (Phi) is 3.86. The van der Waals surface area contributed by atoms with Gasteiger partial charge < -0.3 is 14.2 Å². The van der Waals surface area contributed by atoms with E-state index in [0.29, 0.717) is 13.2 Å². The fraction of sp³-hybridized carbons (Fsp3) is 0.333. The number of carbonyl (C=O) groups excluding carboxylic acids is 1. The Balaban J connectivity index is 1.66. The number of fused-ring (bicyclic) bond motifs is 2. The van der Waals surface area contributed by atoms with E-state index in [4.69, 9.17) is 4.74 Å². The van der Waals surface area contributed by atoms with Crippen molar-refractivity contribution in [2.75, 3.05) is 13.7 Å². The van der Waals surface area contributed by atoms with Gasteiger partial charge in [-0.05, 0) is 13.0 Å². The molecule has 1 atom stereocenters. The smallest absolute Gasteiger partial charge is 0.256 e. The molecule has 24 heavy (non-hydrogen) atoms. The predicted molar refractivity (Wildman–Crippen MR) is 94.2 cm³/mol. The van der Waals surface area contributed by atoms with Crippen molar-refractivity contribution < 1.29 is 9.53 Å². The molecule has 0 saturated carbocycles. The van der Waals surface area contributed by atoms with Crippen LogP contribution < -0.4 is 0 Å². The number of imidazole rings is 1. The zero-order chi connectivity index (χ0) is 16.7. The summed E-state index contributed by atoms with van der Waals surface area (Å²) in [6.45, 7) is 4.03. The average molecular weight is 341 g/mol. The van der Waals surface area contributed by atoms with Gasteiger partial charge in [-0.3, -0.25) is 4.79 Å². The lowest BCUT2D eigenvalue weighted by molar-refractivity contribution is 0.0635. The van der Waals surface area contributed by atoms with E-state index >= 15 is 0 Å². The van der Waals surface area contributed by atoms with Crippen molar-refractivity contribution in [3.63, 3.8) is 0 Å². The van der Waals surface area contributed by atoms with Crippen LogP contribution in [0.15, 0.2) is 35.8 Å². The van der Waals surface area contributed by atoms with E-state index < -0.39 is 0 Å². The molecule has 0 spiro atoms. The van der Waals surface area contributed by atoms with Crippen LogP contribution in [0.3, 0.4) is 0 Å². The van der Waals surface area contributed by atoms with Crippen molar-refractivity contribution in [1.29, 1.82) is 0 Å². The Hall–Kier alpha value is -2.18. The number of amides is 1. The van der Waals surface area contributed by atoms with Gasteiger partial charge in [-0.1, -0.05) is 18.2 Å². The van der Waals surface area contributed by atoms with Crippen LogP contribution >= 0.6 is 11.3 Å². The fourth-order valence-corrected chi connectivity index (χ4v) is 4.33. The third-order valence-electron chi connectivity index (χ3n) is 4.64. The molecule has 3 aromatic rings. The molecule has 5 nitrogen and oxygen atoms in total. The Bertz CT molecular complexity index is 899. The molecule has 124 valence electrons. The number of carbonyl (C=O) groups is 1. The normalized spacial score (nSPS) is 17.2. The van der Waals surface area contributed by atoms with E-state index in [1.54, 1.807) is 18.4 Å².